The molecule has 2 rings (SSSR count). The molecule has 0 spiro atoms. The van der Waals surface area contributed by atoms with E-state index in [-0.39, 0.29) is 0 Å². The van der Waals surface area contributed by atoms with Crippen LogP contribution in [0.25, 0.3) is 11.0 Å². The Morgan fingerprint density at radius 3 is 2.93 bits per heavy atom. The van der Waals surface area contributed by atoms with E-state index in [9.17, 15) is 0 Å². The molecule has 1 aromatic carbocycles. The quantitative estimate of drug-likeness (QED) is 0.494. The molecule has 3 nitrogen and oxygen atoms in total. The first-order chi connectivity index (χ1) is 6.92. The molecule has 1 heterocycles. The fourth-order valence-electron chi connectivity index (χ4n) is 1.44. The normalized spacial score (nSPS) is 10.9. The van der Waals surface area contributed by atoms with Crippen LogP contribution in [0.2, 0.25) is 0 Å². The molecule has 1 aromatic heterocycles. The smallest absolute Gasteiger partial charge is 0.113 e. The molecule has 0 fully saturated rings. The average Bonchev–Trinajstić information content (AvgIpc) is 2.63. The van der Waals surface area contributed by atoms with Crippen LogP contribution in [-0.2, 0) is 6.54 Å². The lowest BCUT2D eigenvalue weighted by molar-refractivity contribution is 0.571. The van der Waals surface area contributed by atoms with E-state index in [1.54, 1.807) is 0 Å². The van der Waals surface area contributed by atoms with E-state index in [4.69, 9.17) is 0 Å². The van der Waals surface area contributed by atoms with E-state index in [1.807, 2.05) is 22.9 Å². The van der Waals surface area contributed by atoms with Crippen LogP contribution in [0.15, 0.2) is 24.3 Å². The number of aromatic nitrogens is 3. The summed E-state index contributed by atoms with van der Waals surface area (Å²) < 4.78 is 3.20. The summed E-state index contributed by atoms with van der Waals surface area (Å²) in [6.07, 6.45) is 2.42. The topological polar surface area (TPSA) is 30.7 Å². The lowest BCUT2D eigenvalue weighted by Gasteiger charge is -1.99. The standard InChI is InChI=1S/C10H12IN3/c11-7-3-4-8-14-10-6-2-1-5-9(10)12-13-14/h1-2,5-6H,3-4,7-8H2. The van der Waals surface area contributed by atoms with Crippen LogP contribution in [-0.4, -0.2) is 19.4 Å². The molecule has 0 amide bonds. The van der Waals surface area contributed by atoms with E-state index in [2.05, 4.69) is 39.0 Å². The van der Waals surface area contributed by atoms with Crippen molar-refractivity contribution in [2.24, 2.45) is 0 Å². The predicted octanol–water partition coefficient (Wildman–Crippen LogP) is 2.65. The van der Waals surface area contributed by atoms with Crippen molar-refractivity contribution >= 4 is 33.6 Å². The number of benzene rings is 1. The molecule has 74 valence electrons. The first kappa shape index (κ1) is 9.89. The van der Waals surface area contributed by atoms with Gasteiger partial charge in [0.05, 0.1) is 5.52 Å². The zero-order valence-corrected chi connectivity index (χ0v) is 10.0. The van der Waals surface area contributed by atoms with Crippen molar-refractivity contribution in [3.05, 3.63) is 24.3 Å². The van der Waals surface area contributed by atoms with Crippen LogP contribution in [0.3, 0.4) is 0 Å². The van der Waals surface area contributed by atoms with E-state index in [0.717, 1.165) is 17.6 Å². The van der Waals surface area contributed by atoms with Crippen molar-refractivity contribution in [2.45, 2.75) is 19.4 Å². The van der Waals surface area contributed by atoms with Crippen molar-refractivity contribution < 1.29 is 0 Å². The van der Waals surface area contributed by atoms with E-state index < -0.39 is 0 Å². The Kier molecular flexibility index (Phi) is 3.34. The Balaban J connectivity index is 2.17. The van der Waals surface area contributed by atoms with Crippen LogP contribution >= 0.6 is 22.6 Å². The molecule has 0 bridgehead atoms. The van der Waals surface area contributed by atoms with Crippen molar-refractivity contribution in [3.63, 3.8) is 0 Å². The second-order valence-corrected chi connectivity index (χ2v) is 4.28. The van der Waals surface area contributed by atoms with Gasteiger partial charge in [-0.2, -0.15) is 0 Å². The van der Waals surface area contributed by atoms with Crippen LogP contribution < -0.4 is 0 Å². The summed E-state index contributed by atoms with van der Waals surface area (Å²) in [7, 11) is 0. The third-order valence-corrected chi connectivity index (χ3v) is 2.94. The maximum atomic E-state index is 4.13. The van der Waals surface area contributed by atoms with Gasteiger partial charge in [0.1, 0.15) is 5.52 Å². The minimum Gasteiger partial charge on any atom is -0.245 e. The molecule has 14 heavy (non-hydrogen) atoms. The fourth-order valence-corrected chi connectivity index (χ4v) is 1.98. The number of hydrogen-bond donors (Lipinski definition) is 0. The number of nitrogens with zero attached hydrogens (tertiary/aromatic N) is 3. The molecule has 0 radical (unpaired) electrons. The third-order valence-electron chi connectivity index (χ3n) is 2.17. The van der Waals surface area contributed by atoms with Crippen LogP contribution in [0.4, 0.5) is 0 Å². The molecule has 0 atom stereocenters. The van der Waals surface area contributed by atoms with Gasteiger partial charge in [-0.1, -0.05) is 39.9 Å². The molecule has 0 aliphatic heterocycles. The van der Waals surface area contributed by atoms with Gasteiger partial charge in [0.25, 0.3) is 0 Å². The molecule has 2 aromatic rings. The van der Waals surface area contributed by atoms with Gasteiger partial charge >= 0.3 is 0 Å². The highest BCUT2D eigenvalue weighted by molar-refractivity contribution is 14.1. The van der Waals surface area contributed by atoms with E-state index in [1.165, 1.54) is 17.3 Å². The van der Waals surface area contributed by atoms with Crippen LogP contribution in [0.5, 0.6) is 0 Å². The zero-order chi connectivity index (χ0) is 9.80. The van der Waals surface area contributed by atoms with Crippen molar-refractivity contribution in [1.29, 1.82) is 0 Å². The van der Waals surface area contributed by atoms with Gasteiger partial charge in [-0.3, -0.25) is 0 Å². The van der Waals surface area contributed by atoms with Gasteiger partial charge in [0.2, 0.25) is 0 Å². The summed E-state index contributed by atoms with van der Waals surface area (Å²) in [6.45, 7) is 0.976. The van der Waals surface area contributed by atoms with Gasteiger partial charge in [0.15, 0.2) is 0 Å². The maximum absolute atomic E-state index is 4.13. The highest BCUT2D eigenvalue weighted by atomic mass is 127. The maximum Gasteiger partial charge on any atom is 0.113 e. The Bertz CT molecular complexity index is 410. The van der Waals surface area contributed by atoms with Gasteiger partial charge in [-0.15, -0.1) is 5.10 Å². The number of rotatable bonds is 4. The van der Waals surface area contributed by atoms with Gasteiger partial charge < -0.3 is 0 Å². The SMILES string of the molecule is ICCCCn1nnc2ccccc21. The van der Waals surface area contributed by atoms with Crippen molar-refractivity contribution in [3.8, 4) is 0 Å². The number of hydrogen-bond acceptors (Lipinski definition) is 2. The van der Waals surface area contributed by atoms with Crippen LogP contribution in [0, 0.1) is 0 Å². The molecule has 4 heteroatoms. The number of para-hydroxylation sites is 1. The third kappa shape index (κ3) is 2.05. The van der Waals surface area contributed by atoms with Crippen molar-refractivity contribution in [1.82, 2.24) is 15.0 Å². The average molecular weight is 301 g/mol. The number of halogens is 1. The van der Waals surface area contributed by atoms with Gasteiger partial charge in [0, 0.05) is 6.54 Å². The van der Waals surface area contributed by atoms with E-state index in [0.29, 0.717) is 0 Å². The minimum absolute atomic E-state index is 0.976. The highest BCUT2D eigenvalue weighted by Gasteiger charge is 2.01. The Labute approximate surface area is 96.6 Å². The molecular formula is C10H12IN3. The minimum atomic E-state index is 0.976. The lowest BCUT2D eigenvalue weighted by atomic mass is 10.3. The van der Waals surface area contributed by atoms with Gasteiger partial charge in [-0.25, -0.2) is 4.68 Å². The molecule has 0 unspecified atom stereocenters. The first-order valence-corrected chi connectivity index (χ1v) is 6.28. The second-order valence-electron chi connectivity index (χ2n) is 3.20. The molecule has 0 saturated heterocycles. The van der Waals surface area contributed by atoms with Crippen molar-refractivity contribution in [2.75, 3.05) is 4.43 Å². The first-order valence-electron chi connectivity index (χ1n) is 4.76. The largest absolute Gasteiger partial charge is 0.245 e. The number of fused-ring (bicyclic) bond motifs is 1. The monoisotopic (exact) mass is 301 g/mol. The molecular weight excluding hydrogens is 289 g/mol. The number of alkyl halides is 1. The summed E-state index contributed by atoms with van der Waals surface area (Å²) in [6, 6.07) is 8.09. The Morgan fingerprint density at radius 2 is 2.07 bits per heavy atom. The second kappa shape index (κ2) is 4.72. The fraction of sp³-hybridized carbons (Fsp3) is 0.400. The molecule has 0 aliphatic carbocycles. The number of unbranched alkanes of at least 4 members (excludes halogenated alkanes) is 1. The zero-order valence-electron chi connectivity index (χ0n) is 7.86. The summed E-state index contributed by atoms with van der Waals surface area (Å²) in [4.78, 5) is 0. The Morgan fingerprint density at radius 1 is 1.21 bits per heavy atom. The summed E-state index contributed by atoms with van der Waals surface area (Å²) in [5, 5.41) is 8.24. The highest BCUT2D eigenvalue weighted by Crippen LogP contribution is 2.10. The molecule has 0 N–H and O–H groups in total. The summed E-state index contributed by atoms with van der Waals surface area (Å²) in [5.41, 5.74) is 2.13. The summed E-state index contributed by atoms with van der Waals surface area (Å²) >= 11 is 2.40. The molecule has 0 saturated carbocycles. The van der Waals surface area contributed by atoms with Crippen LogP contribution in [0.1, 0.15) is 12.8 Å². The number of aryl methyl sites for hydroxylation is 1. The summed E-state index contributed by atoms with van der Waals surface area (Å²) in [5.74, 6) is 0. The van der Waals surface area contributed by atoms with E-state index >= 15 is 0 Å². The lowest BCUT2D eigenvalue weighted by Crippen LogP contribution is -2.00. The predicted molar refractivity (Wildman–Crippen MR) is 65.6 cm³/mol. The Hall–Kier alpha value is -0.650. The molecule has 0 aliphatic rings. The van der Waals surface area contributed by atoms with Gasteiger partial charge in [-0.05, 0) is 29.4 Å².